The normalized spacial score (nSPS) is 11.1. The van der Waals surface area contributed by atoms with Crippen molar-refractivity contribution >= 4 is 26.7 Å². The summed E-state index contributed by atoms with van der Waals surface area (Å²) in [5, 5.41) is 9.76. The highest BCUT2D eigenvalue weighted by Gasteiger charge is 2.19. The Morgan fingerprint density at radius 3 is 2.48 bits per heavy atom. The molecule has 8 heteroatoms. The van der Waals surface area contributed by atoms with E-state index in [1.54, 1.807) is 24.5 Å². The molecular formula is C21H12BrN5O2. The average Bonchev–Trinajstić information content (AvgIpc) is 3.26. The fourth-order valence-corrected chi connectivity index (χ4v) is 3.30. The summed E-state index contributed by atoms with van der Waals surface area (Å²) in [6, 6.07) is 18.2. The van der Waals surface area contributed by atoms with Gasteiger partial charge in [-0.3, -0.25) is 9.78 Å². The van der Waals surface area contributed by atoms with Crippen LogP contribution in [0.1, 0.15) is 0 Å². The molecule has 0 spiro atoms. The van der Waals surface area contributed by atoms with E-state index >= 15 is 0 Å². The van der Waals surface area contributed by atoms with Gasteiger partial charge >= 0.3 is 0 Å². The van der Waals surface area contributed by atoms with Gasteiger partial charge in [0, 0.05) is 27.8 Å². The quantitative estimate of drug-likeness (QED) is 0.412. The number of nitrogens with zero attached hydrogens (tertiary/aromatic N) is 5. The summed E-state index contributed by atoms with van der Waals surface area (Å²) in [6.07, 6.45) is 3.33. The molecule has 0 bridgehead atoms. The molecule has 0 N–H and O–H groups in total. The minimum atomic E-state index is -0.223. The van der Waals surface area contributed by atoms with Crippen molar-refractivity contribution in [1.82, 2.24) is 24.9 Å². The first-order valence-electron chi connectivity index (χ1n) is 8.73. The van der Waals surface area contributed by atoms with Crippen LogP contribution in [0.4, 0.5) is 0 Å². The van der Waals surface area contributed by atoms with E-state index in [4.69, 9.17) is 4.52 Å². The lowest BCUT2D eigenvalue weighted by atomic mass is 10.1. The minimum Gasteiger partial charge on any atom is -0.332 e. The highest BCUT2D eigenvalue weighted by atomic mass is 79.9. The first-order chi connectivity index (χ1) is 14.2. The van der Waals surface area contributed by atoms with Crippen molar-refractivity contribution in [2.45, 2.75) is 0 Å². The molecule has 0 amide bonds. The molecule has 140 valence electrons. The number of aromatic nitrogens is 5. The Bertz CT molecular complexity index is 1380. The Kier molecular flexibility index (Phi) is 4.25. The van der Waals surface area contributed by atoms with Crippen LogP contribution in [0.5, 0.6) is 0 Å². The van der Waals surface area contributed by atoms with Gasteiger partial charge in [-0.2, -0.15) is 14.8 Å². The first-order valence-corrected chi connectivity index (χ1v) is 9.52. The van der Waals surface area contributed by atoms with Crippen molar-refractivity contribution in [3.8, 4) is 28.7 Å². The standard InChI is InChI=1S/C21H12BrN5O2/c22-14-7-9-15(10-8-14)27-21(28)17-6-2-1-5-16(17)18(25-27)20-24-19(26-29-20)13-4-3-11-23-12-13/h1-12H. The number of fused-ring (bicyclic) bond motifs is 1. The predicted molar refractivity (Wildman–Crippen MR) is 112 cm³/mol. The molecule has 0 unspecified atom stereocenters. The number of hydrogen-bond acceptors (Lipinski definition) is 6. The van der Waals surface area contributed by atoms with Gasteiger partial charge in [0.1, 0.15) is 0 Å². The lowest BCUT2D eigenvalue weighted by molar-refractivity contribution is 0.430. The second kappa shape index (κ2) is 7.06. The van der Waals surface area contributed by atoms with E-state index in [9.17, 15) is 4.79 Å². The van der Waals surface area contributed by atoms with Crippen LogP contribution in [0.2, 0.25) is 0 Å². The van der Waals surface area contributed by atoms with Crippen LogP contribution < -0.4 is 5.56 Å². The van der Waals surface area contributed by atoms with Gasteiger partial charge in [-0.1, -0.05) is 39.3 Å². The lowest BCUT2D eigenvalue weighted by Crippen LogP contribution is -2.22. The van der Waals surface area contributed by atoms with E-state index in [0.717, 1.165) is 10.0 Å². The molecule has 0 aliphatic rings. The molecule has 7 nitrogen and oxygen atoms in total. The third kappa shape index (κ3) is 3.13. The molecule has 0 radical (unpaired) electrons. The molecule has 5 aromatic rings. The summed E-state index contributed by atoms with van der Waals surface area (Å²) in [6.45, 7) is 0. The van der Waals surface area contributed by atoms with E-state index in [-0.39, 0.29) is 11.4 Å². The summed E-state index contributed by atoms with van der Waals surface area (Å²) in [4.78, 5) is 21.6. The van der Waals surface area contributed by atoms with Crippen molar-refractivity contribution in [2.24, 2.45) is 0 Å². The zero-order valence-electron chi connectivity index (χ0n) is 14.9. The van der Waals surface area contributed by atoms with Crippen molar-refractivity contribution < 1.29 is 4.52 Å². The van der Waals surface area contributed by atoms with E-state index < -0.39 is 0 Å². The third-order valence-electron chi connectivity index (χ3n) is 4.42. The summed E-state index contributed by atoms with van der Waals surface area (Å²) >= 11 is 3.41. The minimum absolute atomic E-state index is 0.223. The second-order valence-electron chi connectivity index (χ2n) is 6.25. The first kappa shape index (κ1) is 17.4. The molecule has 2 aromatic carbocycles. The molecule has 0 aliphatic carbocycles. The highest BCUT2D eigenvalue weighted by Crippen LogP contribution is 2.26. The fourth-order valence-electron chi connectivity index (χ4n) is 3.04. The van der Waals surface area contributed by atoms with Gasteiger partial charge in [0.15, 0.2) is 5.69 Å². The molecule has 0 saturated heterocycles. The average molecular weight is 446 g/mol. The maximum atomic E-state index is 13.0. The molecule has 29 heavy (non-hydrogen) atoms. The van der Waals surface area contributed by atoms with Crippen LogP contribution in [0.25, 0.3) is 39.4 Å². The van der Waals surface area contributed by atoms with Gasteiger partial charge in [0.2, 0.25) is 5.82 Å². The van der Waals surface area contributed by atoms with Gasteiger partial charge < -0.3 is 4.52 Å². The molecule has 5 rings (SSSR count). The van der Waals surface area contributed by atoms with Gasteiger partial charge in [0.05, 0.1) is 11.1 Å². The monoisotopic (exact) mass is 445 g/mol. The van der Waals surface area contributed by atoms with Gasteiger partial charge in [0.25, 0.3) is 11.4 Å². The number of hydrogen-bond donors (Lipinski definition) is 0. The largest absolute Gasteiger partial charge is 0.332 e. The number of pyridine rings is 1. The molecule has 3 aromatic heterocycles. The van der Waals surface area contributed by atoms with E-state index in [1.165, 1.54) is 4.68 Å². The summed E-state index contributed by atoms with van der Waals surface area (Å²) in [5.74, 6) is 0.631. The highest BCUT2D eigenvalue weighted by molar-refractivity contribution is 9.10. The van der Waals surface area contributed by atoms with Crippen molar-refractivity contribution in [3.63, 3.8) is 0 Å². The number of halogens is 1. The zero-order chi connectivity index (χ0) is 19.8. The van der Waals surface area contributed by atoms with Crippen LogP contribution in [-0.2, 0) is 0 Å². The van der Waals surface area contributed by atoms with Crippen molar-refractivity contribution in [3.05, 3.63) is 87.9 Å². The fraction of sp³-hybridized carbons (Fsp3) is 0. The third-order valence-corrected chi connectivity index (χ3v) is 4.95. The van der Waals surface area contributed by atoms with E-state index in [0.29, 0.717) is 28.0 Å². The summed E-state index contributed by atoms with van der Waals surface area (Å²) < 4.78 is 7.74. The maximum Gasteiger partial charge on any atom is 0.279 e. The van der Waals surface area contributed by atoms with Crippen molar-refractivity contribution in [2.75, 3.05) is 0 Å². The molecule has 0 saturated carbocycles. The SMILES string of the molecule is O=c1c2ccccc2c(-c2nc(-c3cccnc3)no2)nn1-c1ccc(Br)cc1. The molecule has 0 atom stereocenters. The smallest absolute Gasteiger partial charge is 0.279 e. The Morgan fingerprint density at radius 1 is 0.931 bits per heavy atom. The Hall–Kier alpha value is -3.65. The zero-order valence-corrected chi connectivity index (χ0v) is 16.4. The van der Waals surface area contributed by atoms with Crippen LogP contribution in [0, 0.1) is 0 Å². The maximum absolute atomic E-state index is 13.0. The molecular weight excluding hydrogens is 434 g/mol. The van der Waals surface area contributed by atoms with Gasteiger partial charge in [-0.15, -0.1) is 0 Å². The van der Waals surface area contributed by atoms with Crippen molar-refractivity contribution in [1.29, 1.82) is 0 Å². The molecule has 0 aliphatic heterocycles. The van der Waals surface area contributed by atoms with E-state index in [2.05, 4.69) is 36.2 Å². The van der Waals surface area contributed by atoms with Gasteiger partial charge in [-0.25, -0.2) is 0 Å². The number of benzene rings is 2. The summed E-state index contributed by atoms with van der Waals surface area (Å²) in [5.41, 5.74) is 1.58. The van der Waals surface area contributed by atoms with Crippen LogP contribution >= 0.6 is 15.9 Å². The lowest BCUT2D eigenvalue weighted by Gasteiger charge is -2.09. The van der Waals surface area contributed by atoms with Crippen LogP contribution in [0.15, 0.2) is 86.8 Å². The Balaban J connectivity index is 1.74. The Morgan fingerprint density at radius 2 is 1.72 bits per heavy atom. The second-order valence-corrected chi connectivity index (χ2v) is 7.17. The van der Waals surface area contributed by atoms with Crippen LogP contribution in [-0.4, -0.2) is 24.9 Å². The topological polar surface area (TPSA) is 86.7 Å². The summed E-state index contributed by atoms with van der Waals surface area (Å²) in [7, 11) is 0. The molecule has 3 heterocycles. The number of rotatable bonds is 3. The predicted octanol–water partition coefficient (Wildman–Crippen LogP) is 4.26. The van der Waals surface area contributed by atoms with Gasteiger partial charge in [-0.05, 0) is 42.5 Å². The molecule has 0 fully saturated rings. The van der Waals surface area contributed by atoms with E-state index in [1.807, 2.05) is 48.5 Å². The van der Waals surface area contributed by atoms with Crippen LogP contribution in [0.3, 0.4) is 0 Å². The Labute approximate surface area is 172 Å².